The number of halogens is 1. The Labute approximate surface area is 184 Å². The molecule has 4 aromatic rings. The molecule has 1 fully saturated rings. The quantitative estimate of drug-likeness (QED) is 0.507. The predicted octanol–water partition coefficient (Wildman–Crippen LogP) is 3.11. The highest BCUT2D eigenvalue weighted by atomic mass is 19.1. The van der Waals surface area contributed by atoms with E-state index in [9.17, 15) is 14.3 Å². The third kappa shape index (κ3) is 3.80. The molecule has 8 heteroatoms. The van der Waals surface area contributed by atoms with Crippen LogP contribution in [0.1, 0.15) is 33.9 Å². The van der Waals surface area contributed by atoms with E-state index in [4.69, 9.17) is 0 Å². The number of carbonyl (C=O) groups excluding carboxylic acids is 1. The Morgan fingerprint density at radius 2 is 2.03 bits per heavy atom. The molecule has 2 N–H and O–H groups in total. The van der Waals surface area contributed by atoms with Crippen LogP contribution in [-0.2, 0) is 6.61 Å². The third-order valence-electron chi connectivity index (χ3n) is 5.84. The number of hydrogen-bond acceptors (Lipinski definition) is 5. The van der Waals surface area contributed by atoms with Gasteiger partial charge in [0.2, 0.25) is 0 Å². The number of carbonyl (C=O) groups is 1. The molecule has 0 saturated carbocycles. The van der Waals surface area contributed by atoms with Crippen molar-refractivity contribution in [1.29, 1.82) is 0 Å². The Kier molecular flexibility index (Phi) is 5.28. The summed E-state index contributed by atoms with van der Waals surface area (Å²) < 4.78 is 15.7. The lowest BCUT2D eigenvalue weighted by atomic mass is 10.0. The molecule has 0 radical (unpaired) electrons. The number of benzene rings is 2. The van der Waals surface area contributed by atoms with Crippen LogP contribution in [-0.4, -0.2) is 38.2 Å². The van der Waals surface area contributed by atoms with E-state index in [1.165, 1.54) is 12.1 Å². The van der Waals surface area contributed by atoms with Crippen LogP contribution < -0.4 is 10.2 Å². The smallest absolute Gasteiger partial charge is 0.251 e. The van der Waals surface area contributed by atoms with Crippen molar-refractivity contribution in [3.05, 3.63) is 95.6 Å². The number of aliphatic hydroxyl groups is 1. The second-order valence-corrected chi connectivity index (χ2v) is 7.87. The summed E-state index contributed by atoms with van der Waals surface area (Å²) in [6, 6.07) is 17.0. The molecule has 2 atom stereocenters. The van der Waals surface area contributed by atoms with Gasteiger partial charge in [-0.3, -0.25) is 4.79 Å². The van der Waals surface area contributed by atoms with Crippen molar-refractivity contribution in [2.24, 2.45) is 0 Å². The maximum absolute atomic E-state index is 14.0. The maximum Gasteiger partial charge on any atom is 0.251 e. The van der Waals surface area contributed by atoms with Crippen molar-refractivity contribution >= 4 is 17.4 Å². The fourth-order valence-electron chi connectivity index (χ4n) is 4.32. The van der Waals surface area contributed by atoms with Crippen molar-refractivity contribution in [3.8, 4) is 0 Å². The zero-order valence-electron chi connectivity index (χ0n) is 17.2. The number of imidazole rings is 1. The summed E-state index contributed by atoms with van der Waals surface area (Å²) in [6.45, 7) is 0.308. The number of nitrogens with zero attached hydrogens (tertiary/aromatic N) is 4. The van der Waals surface area contributed by atoms with E-state index in [0.29, 0.717) is 24.1 Å². The number of nitrogens with one attached hydrogen (secondary N) is 1. The highest BCUT2D eigenvalue weighted by Gasteiger charge is 2.35. The van der Waals surface area contributed by atoms with Gasteiger partial charge >= 0.3 is 0 Å². The van der Waals surface area contributed by atoms with E-state index in [0.717, 1.165) is 17.0 Å². The molecule has 0 spiro atoms. The molecule has 32 heavy (non-hydrogen) atoms. The van der Waals surface area contributed by atoms with Crippen LogP contribution in [0.3, 0.4) is 0 Å². The number of anilines is 1. The first-order valence-corrected chi connectivity index (χ1v) is 10.4. The van der Waals surface area contributed by atoms with E-state index < -0.39 is 0 Å². The van der Waals surface area contributed by atoms with Crippen LogP contribution in [0.4, 0.5) is 10.2 Å². The Bertz CT molecular complexity index is 1270. The number of aromatic nitrogens is 3. The lowest BCUT2D eigenvalue weighted by Crippen LogP contribution is -2.37. The topological polar surface area (TPSA) is 82.8 Å². The fourth-order valence-corrected chi connectivity index (χ4v) is 4.32. The number of aliphatic hydroxyl groups excluding tert-OH is 1. The molecule has 3 heterocycles. The summed E-state index contributed by atoms with van der Waals surface area (Å²) >= 11 is 0. The molecular formula is C24H22FN5O2. The van der Waals surface area contributed by atoms with E-state index in [2.05, 4.69) is 20.3 Å². The minimum absolute atomic E-state index is 0.155. The summed E-state index contributed by atoms with van der Waals surface area (Å²) in [7, 11) is 0. The molecule has 7 nitrogen and oxygen atoms in total. The van der Waals surface area contributed by atoms with Gasteiger partial charge in [-0.1, -0.05) is 30.3 Å². The van der Waals surface area contributed by atoms with Crippen LogP contribution >= 0.6 is 0 Å². The van der Waals surface area contributed by atoms with Gasteiger partial charge in [0.1, 0.15) is 11.6 Å². The number of amides is 1. The molecule has 1 aliphatic rings. The molecule has 162 valence electrons. The van der Waals surface area contributed by atoms with Crippen molar-refractivity contribution in [1.82, 2.24) is 19.9 Å². The number of fused-ring (bicyclic) bond motifs is 1. The van der Waals surface area contributed by atoms with Gasteiger partial charge < -0.3 is 15.3 Å². The Hall–Kier alpha value is -3.78. The minimum Gasteiger partial charge on any atom is -0.392 e. The zero-order valence-corrected chi connectivity index (χ0v) is 17.2. The van der Waals surface area contributed by atoms with E-state index in [-0.39, 0.29) is 30.4 Å². The number of hydrogen-bond donors (Lipinski definition) is 2. The molecule has 5 rings (SSSR count). The molecule has 0 unspecified atom stereocenters. The van der Waals surface area contributed by atoms with Gasteiger partial charge in [-0.2, -0.15) is 0 Å². The Morgan fingerprint density at radius 3 is 2.88 bits per heavy atom. The zero-order chi connectivity index (χ0) is 22.1. The molecule has 2 aromatic carbocycles. The lowest BCUT2D eigenvalue weighted by Gasteiger charge is -2.25. The molecule has 0 aliphatic carbocycles. The highest BCUT2D eigenvalue weighted by Crippen LogP contribution is 2.36. The fraction of sp³-hybridized carbons (Fsp3) is 0.208. The van der Waals surface area contributed by atoms with Gasteiger partial charge in [0.05, 0.1) is 12.6 Å². The van der Waals surface area contributed by atoms with Crippen molar-refractivity contribution < 1.29 is 14.3 Å². The minimum atomic E-state index is -0.301. The van der Waals surface area contributed by atoms with Crippen LogP contribution in [0, 0.1) is 5.82 Å². The summed E-state index contributed by atoms with van der Waals surface area (Å²) in [5.41, 5.74) is 2.59. The second-order valence-electron chi connectivity index (χ2n) is 7.87. The Morgan fingerprint density at radius 1 is 1.16 bits per heavy atom. The van der Waals surface area contributed by atoms with Crippen LogP contribution in [0.15, 0.2) is 73.1 Å². The first-order valence-electron chi connectivity index (χ1n) is 10.4. The number of rotatable bonds is 5. The summed E-state index contributed by atoms with van der Waals surface area (Å²) in [4.78, 5) is 19.2. The molecule has 0 bridgehead atoms. The van der Waals surface area contributed by atoms with Gasteiger partial charge in [-0.15, -0.1) is 5.10 Å². The summed E-state index contributed by atoms with van der Waals surface area (Å²) in [5, 5.41) is 17.3. The average molecular weight is 431 g/mol. The SMILES string of the molecule is O=C(N[C@H]1C[C@H](c2cccc(F)c2)N(c2ccc3nccn3n2)C1)c1ccccc1CO. The molecule has 2 aromatic heterocycles. The van der Waals surface area contributed by atoms with Crippen molar-refractivity contribution in [2.45, 2.75) is 25.1 Å². The largest absolute Gasteiger partial charge is 0.392 e. The van der Waals surface area contributed by atoms with Gasteiger partial charge in [-0.05, 0) is 47.9 Å². The van der Waals surface area contributed by atoms with Gasteiger partial charge in [0.25, 0.3) is 5.91 Å². The molecular weight excluding hydrogens is 409 g/mol. The lowest BCUT2D eigenvalue weighted by molar-refractivity contribution is 0.0936. The Balaban J connectivity index is 1.45. The first-order chi connectivity index (χ1) is 15.6. The first kappa shape index (κ1) is 20.1. The van der Waals surface area contributed by atoms with Crippen molar-refractivity contribution in [2.75, 3.05) is 11.4 Å². The van der Waals surface area contributed by atoms with Crippen molar-refractivity contribution in [3.63, 3.8) is 0 Å². The molecule has 1 amide bonds. The second kappa shape index (κ2) is 8.39. The maximum atomic E-state index is 14.0. The van der Waals surface area contributed by atoms with Crippen LogP contribution in [0.2, 0.25) is 0 Å². The van der Waals surface area contributed by atoms with E-state index in [1.807, 2.05) is 18.2 Å². The van der Waals surface area contributed by atoms with Crippen LogP contribution in [0.25, 0.3) is 5.65 Å². The monoisotopic (exact) mass is 431 g/mol. The summed E-state index contributed by atoms with van der Waals surface area (Å²) in [5.74, 6) is 0.180. The van der Waals surface area contributed by atoms with Gasteiger partial charge in [-0.25, -0.2) is 13.9 Å². The molecule has 1 aliphatic heterocycles. The normalized spacial score (nSPS) is 18.2. The molecule has 1 saturated heterocycles. The average Bonchev–Trinajstić information content (AvgIpc) is 3.45. The highest BCUT2D eigenvalue weighted by molar-refractivity contribution is 5.95. The van der Waals surface area contributed by atoms with E-state index in [1.54, 1.807) is 47.2 Å². The third-order valence-corrected chi connectivity index (χ3v) is 5.84. The van der Waals surface area contributed by atoms with Gasteiger partial charge in [0.15, 0.2) is 5.65 Å². The van der Waals surface area contributed by atoms with Crippen LogP contribution in [0.5, 0.6) is 0 Å². The standard InChI is InChI=1S/C24H22FN5O2/c25-18-6-3-5-16(12-18)21-13-19(27-24(32)20-7-2-1-4-17(20)15-31)14-29(21)23-9-8-22-26-10-11-30(22)28-23/h1-12,19,21,31H,13-15H2,(H,27,32)/t19-,21+/m0/s1. The van der Waals surface area contributed by atoms with E-state index >= 15 is 0 Å². The summed E-state index contributed by atoms with van der Waals surface area (Å²) in [6.07, 6.45) is 4.05. The predicted molar refractivity (Wildman–Crippen MR) is 118 cm³/mol. The van der Waals surface area contributed by atoms with Gasteiger partial charge in [0, 0.05) is 30.5 Å².